The minimum atomic E-state index is 0.841. The average Bonchev–Trinajstić information content (AvgIpc) is 2.90. The second kappa shape index (κ2) is 7.46. The van der Waals surface area contributed by atoms with Crippen molar-refractivity contribution in [1.82, 2.24) is 15.0 Å². The van der Waals surface area contributed by atoms with Crippen LogP contribution in [0.15, 0.2) is 115 Å². The van der Waals surface area contributed by atoms with Gasteiger partial charge in [0, 0.05) is 10.8 Å². The summed E-state index contributed by atoms with van der Waals surface area (Å²) < 4.78 is 0. The fourth-order valence-electron chi connectivity index (χ4n) is 4.63. The van der Waals surface area contributed by atoms with E-state index in [9.17, 15) is 0 Å². The molecular formula is C31H19N3. The number of aromatic nitrogens is 3. The van der Waals surface area contributed by atoms with Gasteiger partial charge in [0.05, 0.1) is 33.8 Å². The molecule has 3 heteroatoms. The highest BCUT2D eigenvalue weighted by Gasteiger charge is 2.09. The van der Waals surface area contributed by atoms with Crippen molar-refractivity contribution in [3.8, 4) is 22.8 Å². The minimum Gasteiger partial charge on any atom is -0.246 e. The van der Waals surface area contributed by atoms with Crippen molar-refractivity contribution in [2.75, 3.05) is 0 Å². The van der Waals surface area contributed by atoms with Crippen LogP contribution in [0.2, 0.25) is 0 Å². The zero-order valence-corrected chi connectivity index (χ0v) is 18.3. The molecule has 4 aromatic carbocycles. The lowest BCUT2D eigenvalue weighted by molar-refractivity contribution is 1.25. The third-order valence-electron chi connectivity index (χ3n) is 6.39. The summed E-state index contributed by atoms with van der Waals surface area (Å²) in [7, 11) is 0. The maximum atomic E-state index is 4.93. The first-order valence-corrected chi connectivity index (χ1v) is 11.4. The molecule has 34 heavy (non-hydrogen) atoms. The largest absolute Gasteiger partial charge is 0.246 e. The molecule has 0 N–H and O–H groups in total. The summed E-state index contributed by atoms with van der Waals surface area (Å²) >= 11 is 0. The number of rotatable bonds is 2. The van der Waals surface area contributed by atoms with Gasteiger partial charge in [-0.25, -0.2) is 15.0 Å². The van der Waals surface area contributed by atoms with Crippen LogP contribution in [0.25, 0.3) is 66.1 Å². The molecule has 3 aromatic heterocycles. The Kier molecular flexibility index (Phi) is 4.15. The first-order valence-electron chi connectivity index (χ1n) is 11.4. The van der Waals surface area contributed by atoms with Gasteiger partial charge in [-0.1, -0.05) is 66.7 Å². The lowest BCUT2D eigenvalue weighted by Gasteiger charge is -2.08. The molecule has 0 unspecified atom stereocenters. The fourth-order valence-corrected chi connectivity index (χ4v) is 4.63. The van der Waals surface area contributed by atoms with Gasteiger partial charge < -0.3 is 0 Å². The van der Waals surface area contributed by atoms with Crippen molar-refractivity contribution >= 4 is 43.4 Å². The molecule has 0 atom stereocenters. The van der Waals surface area contributed by atoms with Crippen molar-refractivity contribution in [3.63, 3.8) is 0 Å². The van der Waals surface area contributed by atoms with E-state index in [-0.39, 0.29) is 0 Å². The summed E-state index contributed by atoms with van der Waals surface area (Å²) in [5.41, 5.74) is 5.34. The van der Waals surface area contributed by atoms with Gasteiger partial charge in [0.1, 0.15) is 0 Å². The maximum Gasteiger partial charge on any atom is 0.0894 e. The predicted octanol–water partition coefficient (Wildman–Crippen LogP) is 7.82. The number of benzene rings is 4. The number of hydrogen-bond acceptors (Lipinski definition) is 3. The van der Waals surface area contributed by atoms with Crippen LogP contribution in [-0.2, 0) is 0 Å². The Morgan fingerprint density at radius 2 is 0.706 bits per heavy atom. The van der Waals surface area contributed by atoms with Crippen LogP contribution in [0.5, 0.6) is 0 Å². The second-order valence-corrected chi connectivity index (χ2v) is 8.59. The molecule has 158 valence electrons. The summed E-state index contributed by atoms with van der Waals surface area (Å²) in [6.45, 7) is 0. The Bertz CT molecular complexity index is 1740. The molecule has 0 aliphatic rings. The van der Waals surface area contributed by atoms with Crippen LogP contribution in [0.3, 0.4) is 0 Å². The van der Waals surface area contributed by atoms with Crippen molar-refractivity contribution in [2.45, 2.75) is 0 Å². The molecule has 0 aliphatic carbocycles. The van der Waals surface area contributed by atoms with E-state index < -0.39 is 0 Å². The van der Waals surface area contributed by atoms with Gasteiger partial charge in [-0.05, 0) is 70.1 Å². The summed E-state index contributed by atoms with van der Waals surface area (Å²) in [6, 6.07) is 39.8. The number of nitrogens with zero attached hydrogens (tertiary/aromatic N) is 3. The first-order chi connectivity index (χ1) is 16.8. The summed E-state index contributed by atoms with van der Waals surface area (Å²) in [6.07, 6.45) is 0. The molecule has 0 fully saturated rings. The highest BCUT2D eigenvalue weighted by molar-refractivity contribution is 5.98. The number of fused-ring (bicyclic) bond motifs is 4. The Labute approximate surface area is 196 Å². The highest BCUT2D eigenvalue weighted by atomic mass is 14.8. The third-order valence-corrected chi connectivity index (χ3v) is 6.39. The normalized spacial score (nSPS) is 11.5. The van der Waals surface area contributed by atoms with E-state index in [0.29, 0.717) is 0 Å². The standard InChI is InChI=1S/C31H19N3/c1-3-8-22-18-30-24(16-20(22)6-1)12-14-28(33-30)26-10-5-11-27(32-26)29-15-13-25-17-21-7-2-4-9-23(21)19-31(25)34-29/h1-19H. The van der Waals surface area contributed by atoms with E-state index in [4.69, 9.17) is 15.0 Å². The van der Waals surface area contributed by atoms with Gasteiger partial charge >= 0.3 is 0 Å². The van der Waals surface area contributed by atoms with Crippen molar-refractivity contribution in [2.24, 2.45) is 0 Å². The summed E-state index contributed by atoms with van der Waals surface area (Å²) in [4.78, 5) is 14.8. The van der Waals surface area contributed by atoms with E-state index in [0.717, 1.165) is 44.6 Å². The Hall–Kier alpha value is -4.63. The van der Waals surface area contributed by atoms with Gasteiger partial charge in [0.25, 0.3) is 0 Å². The van der Waals surface area contributed by atoms with Crippen LogP contribution < -0.4 is 0 Å². The lowest BCUT2D eigenvalue weighted by atomic mass is 10.1. The van der Waals surface area contributed by atoms with Crippen LogP contribution in [0.4, 0.5) is 0 Å². The molecule has 7 rings (SSSR count). The molecular weight excluding hydrogens is 414 g/mol. The SMILES string of the molecule is c1cc(-c2ccc3cc4ccccc4cc3n2)nc(-c2ccc3cc4ccccc4cc3n2)c1. The van der Waals surface area contributed by atoms with Gasteiger partial charge in [-0.2, -0.15) is 0 Å². The average molecular weight is 434 g/mol. The van der Waals surface area contributed by atoms with E-state index in [2.05, 4.69) is 84.9 Å². The predicted molar refractivity (Wildman–Crippen MR) is 141 cm³/mol. The van der Waals surface area contributed by atoms with E-state index in [1.54, 1.807) is 0 Å². The molecule has 0 spiro atoms. The molecule has 0 saturated heterocycles. The van der Waals surface area contributed by atoms with E-state index >= 15 is 0 Å². The second-order valence-electron chi connectivity index (χ2n) is 8.59. The minimum absolute atomic E-state index is 0.841. The molecule has 7 aromatic rings. The molecule has 0 bridgehead atoms. The smallest absolute Gasteiger partial charge is 0.0894 e. The van der Waals surface area contributed by atoms with Gasteiger partial charge in [-0.15, -0.1) is 0 Å². The monoisotopic (exact) mass is 433 g/mol. The Morgan fingerprint density at radius 1 is 0.294 bits per heavy atom. The zero-order valence-electron chi connectivity index (χ0n) is 18.3. The van der Waals surface area contributed by atoms with Gasteiger partial charge in [0.2, 0.25) is 0 Å². The van der Waals surface area contributed by atoms with Crippen molar-refractivity contribution in [3.05, 3.63) is 115 Å². The molecule has 0 amide bonds. The van der Waals surface area contributed by atoms with Crippen molar-refractivity contribution in [1.29, 1.82) is 0 Å². The third kappa shape index (κ3) is 3.18. The Balaban J connectivity index is 1.32. The highest BCUT2D eigenvalue weighted by Crippen LogP contribution is 2.28. The van der Waals surface area contributed by atoms with E-state index in [1.165, 1.54) is 21.5 Å². The quantitative estimate of drug-likeness (QED) is 0.261. The molecule has 3 nitrogen and oxygen atoms in total. The molecule has 0 saturated carbocycles. The first kappa shape index (κ1) is 18.9. The molecule has 0 radical (unpaired) electrons. The topological polar surface area (TPSA) is 38.7 Å². The van der Waals surface area contributed by atoms with Crippen LogP contribution >= 0.6 is 0 Å². The number of hydrogen-bond donors (Lipinski definition) is 0. The van der Waals surface area contributed by atoms with Gasteiger partial charge in [-0.3, -0.25) is 0 Å². The number of pyridine rings is 3. The zero-order chi connectivity index (χ0) is 22.5. The van der Waals surface area contributed by atoms with Crippen LogP contribution in [0, 0.1) is 0 Å². The Morgan fingerprint density at radius 3 is 1.18 bits per heavy atom. The molecule has 3 heterocycles. The maximum absolute atomic E-state index is 4.93. The van der Waals surface area contributed by atoms with Crippen molar-refractivity contribution < 1.29 is 0 Å². The van der Waals surface area contributed by atoms with E-state index in [1.807, 2.05) is 30.3 Å². The summed E-state index contributed by atoms with van der Waals surface area (Å²) in [5, 5.41) is 7.08. The fraction of sp³-hybridized carbons (Fsp3) is 0. The molecule has 0 aliphatic heterocycles. The summed E-state index contributed by atoms with van der Waals surface area (Å²) in [5.74, 6) is 0. The van der Waals surface area contributed by atoms with Crippen LogP contribution in [0.1, 0.15) is 0 Å². The van der Waals surface area contributed by atoms with Crippen LogP contribution in [-0.4, -0.2) is 15.0 Å². The van der Waals surface area contributed by atoms with Gasteiger partial charge in [0.15, 0.2) is 0 Å². The lowest BCUT2D eigenvalue weighted by Crippen LogP contribution is -1.93.